The first-order valence-corrected chi connectivity index (χ1v) is 13.5. The number of halogens is 3. The van der Waals surface area contributed by atoms with Gasteiger partial charge in [0.15, 0.2) is 5.82 Å². The van der Waals surface area contributed by atoms with E-state index in [4.69, 9.17) is 0 Å². The van der Waals surface area contributed by atoms with E-state index in [0.717, 1.165) is 46.2 Å². The molecule has 216 valence electrons. The highest BCUT2D eigenvalue weighted by Gasteiger charge is 2.38. The van der Waals surface area contributed by atoms with E-state index < -0.39 is 12.1 Å². The molecule has 4 heterocycles. The second-order valence-corrected chi connectivity index (χ2v) is 10.2. The van der Waals surface area contributed by atoms with E-state index in [1.54, 1.807) is 4.90 Å². The summed E-state index contributed by atoms with van der Waals surface area (Å²) in [4.78, 5) is 37.8. The minimum Gasteiger partial charge on any atom is -0.348 e. The molecule has 1 aliphatic rings. The van der Waals surface area contributed by atoms with E-state index >= 15 is 0 Å². The fraction of sp³-hybridized carbons (Fsp3) is 0.393. The van der Waals surface area contributed by atoms with Crippen molar-refractivity contribution in [3.05, 3.63) is 53.6 Å². The average Bonchev–Trinajstić information content (AvgIpc) is 3.62. The Morgan fingerprint density at radius 3 is 2.66 bits per heavy atom. The Morgan fingerprint density at radius 2 is 1.93 bits per heavy atom. The van der Waals surface area contributed by atoms with Crippen LogP contribution in [0.1, 0.15) is 41.4 Å². The van der Waals surface area contributed by atoms with Gasteiger partial charge < -0.3 is 20.5 Å². The van der Waals surface area contributed by atoms with Crippen LogP contribution in [0.15, 0.2) is 36.8 Å². The first-order chi connectivity index (χ1) is 19.7. The number of nitrogens with zero attached hydrogens (tertiary/aromatic N) is 4. The number of imidazole rings is 1. The lowest BCUT2D eigenvalue weighted by Gasteiger charge is -2.31. The molecule has 0 bridgehead atoms. The van der Waals surface area contributed by atoms with E-state index in [9.17, 15) is 22.8 Å². The van der Waals surface area contributed by atoms with Gasteiger partial charge in [0.1, 0.15) is 11.4 Å². The Hall–Kier alpha value is -4.26. The molecule has 1 aliphatic heterocycles. The Balaban J connectivity index is 1.29. The molecule has 2 amide bonds. The van der Waals surface area contributed by atoms with Gasteiger partial charge in [-0.3, -0.25) is 19.7 Å². The number of H-pyrrole nitrogens is 2. The Kier molecular flexibility index (Phi) is 8.06. The molecule has 5 rings (SSSR count). The zero-order valence-electron chi connectivity index (χ0n) is 22.7. The summed E-state index contributed by atoms with van der Waals surface area (Å²) < 4.78 is 37.3. The second-order valence-electron chi connectivity index (χ2n) is 10.2. The van der Waals surface area contributed by atoms with Gasteiger partial charge in [0.25, 0.3) is 5.91 Å². The number of hydrogen-bond donors (Lipinski definition) is 4. The largest absolute Gasteiger partial charge is 0.471 e. The molecule has 0 aliphatic carbocycles. The third-order valence-electron chi connectivity index (χ3n) is 7.50. The fourth-order valence-corrected chi connectivity index (χ4v) is 5.06. The molecule has 1 fully saturated rings. The molecule has 0 saturated carbocycles. The van der Waals surface area contributed by atoms with Crippen molar-refractivity contribution in [2.24, 2.45) is 5.92 Å². The van der Waals surface area contributed by atoms with Gasteiger partial charge >= 0.3 is 12.1 Å². The van der Waals surface area contributed by atoms with Gasteiger partial charge in [0.05, 0.1) is 11.7 Å². The van der Waals surface area contributed by atoms with Crippen molar-refractivity contribution in [2.45, 2.75) is 39.4 Å². The summed E-state index contributed by atoms with van der Waals surface area (Å²) >= 11 is 0. The maximum atomic E-state index is 13.1. The minimum absolute atomic E-state index is 0.0711. The van der Waals surface area contributed by atoms with Gasteiger partial charge in [0.2, 0.25) is 0 Å². The molecule has 0 spiro atoms. The van der Waals surface area contributed by atoms with Gasteiger partial charge in [-0.25, -0.2) is 4.98 Å². The third kappa shape index (κ3) is 6.09. The predicted molar refractivity (Wildman–Crippen MR) is 147 cm³/mol. The number of nitrogens with one attached hydrogen (secondary N) is 4. The number of piperidine rings is 1. The van der Waals surface area contributed by atoms with Crippen LogP contribution in [0.25, 0.3) is 33.5 Å². The van der Waals surface area contributed by atoms with Gasteiger partial charge in [-0.05, 0) is 61.1 Å². The molecule has 3 aromatic heterocycles. The van der Waals surface area contributed by atoms with Crippen LogP contribution in [-0.2, 0) is 11.3 Å². The second kappa shape index (κ2) is 11.7. The molecule has 0 atom stereocenters. The number of fused-ring (bicyclic) bond motifs is 1. The van der Waals surface area contributed by atoms with E-state index in [0.29, 0.717) is 43.1 Å². The van der Waals surface area contributed by atoms with Crippen molar-refractivity contribution < 1.29 is 22.8 Å². The lowest BCUT2D eigenvalue weighted by atomic mass is 9.96. The summed E-state index contributed by atoms with van der Waals surface area (Å²) in [5, 5.41) is 13.6. The molecule has 4 aromatic rings. The maximum absolute atomic E-state index is 13.1. The van der Waals surface area contributed by atoms with Crippen LogP contribution < -0.4 is 10.6 Å². The monoisotopic (exact) mass is 568 g/mol. The number of likely N-dealkylation sites (tertiary alicyclic amines) is 1. The van der Waals surface area contributed by atoms with Crippen molar-refractivity contribution in [3.63, 3.8) is 0 Å². The van der Waals surface area contributed by atoms with Crippen LogP contribution in [0, 0.1) is 12.8 Å². The molecule has 1 aromatic carbocycles. The number of rotatable bonds is 8. The topological polar surface area (TPSA) is 132 Å². The van der Waals surface area contributed by atoms with Crippen molar-refractivity contribution in [2.75, 3.05) is 26.2 Å². The van der Waals surface area contributed by atoms with E-state index in [1.807, 2.05) is 35.9 Å². The number of aromatic nitrogens is 5. The maximum Gasteiger partial charge on any atom is 0.471 e. The smallest absolute Gasteiger partial charge is 0.348 e. The van der Waals surface area contributed by atoms with Crippen LogP contribution in [0.3, 0.4) is 0 Å². The summed E-state index contributed by atoms with van der Waals surface area (Å²) in [6.07, 6.45) is 1.27. The molecular weight excluding hydrogens is 537 g/mol. The number of carbonyl (C=O) groups is 2. The lowest BCUT2D eigenvalue weighted by Crippen LogP contribution is -2.44. The average molecular weight is 569 g/mol. The van der Waals surface area contributed by atoms with Crippen molar-refractivity contribution >= 4 is 22.7 Å². The summed E-state index contributed by atoms with van der Waals surface area (Å²) in [6.45, 7) is 6.41. The Bertz CT molecular complexity index is 1550. The Labute approximate surface area is 234 Å². The number of aromatic amines is 2. The molecule has 41 heavy (non-hydrogen) atoms. The summed E-state index contributed by atoms with van der Waals surface area (Å²) in [5.41, 5.74) is 5.97. The van der Waals surface area contributed by atoms with Gasteiger partial charge in [-0.2, -0.15) is 18.3 Å². The molecule has 0 unspecified atom stereocenters. The highest BCUT2D eigenvalue weighted by Crippen LogP contribution is 2.31. The SMILES string of the molecule is CCNCc1cncc(-c2ccc3[nH]nc(-c4ncc(C(=O)N5CCC(CNC(=O)C(F)(F)F)CC5)[nH]4)c3c2)c1C. The zero-order chi connectivity index (χ0) is 29.1. The molecule has 13 heteroatoms. The van der Waals surface area contributed by atoms with Crippen LogP contribution in [0.2, 0.25) is 0 Å². The van der Waals surface area contributed by atoms with Gasteiger partial charge in [-0.15, -0.1) is 0 Å². The molecule has 0 radical (unpaired) electrons. The number of hydrogen-bond acceptors (Lipinski definition) is 6. The van der Waals surface area contributed by atoms with Crippen LogP contribution in [0.5, 0.6) is 0 Å². The number of carbonyl (C=O) groups excluding carboxylic acids is 2. The fourth-order valence-electron chi connectivity index (χ4n) is 5.06. The molecular formula is C28H31F3N8O2. The predicted octanol–water partition coefficient (Wildman–Crippen LogP) is 3.96. The normalized spacial score (nSPS) is 14.5. The summed E-state index contributed by atoms with van der Waals surface area (Å²) in [7, 11) is 0. The van der Waals surface area contributed by atoms with Crippen molar-refractivity contribution in [1.29, 1.82) is 0 Å². The van der Waals surface area contributed by atoms with E-state index in [1.165, 1.54) is 6.20 Å². The standard InChI is InChI=1S/C28H31F3N8O2/c1-3-32-12-19-13-33-14-21(16(19)2)18-4-5-22-20(10-18)24(38-37-22)25-34-15-23(36-25)26(40)39-8-6-17(7-9-39)11-35-27(41)28(29,30)31/h4-5,10,13-15,17,32H,3,6-9,11-12H2,1-2H3,(H,34,36)(H,35,41)(H,37,38). The number of benzene rings is 1. The summed E-state index contributed by atoms with van der Waals surface area (Å²) in [6, 6.07) is 6.00. The molecule has 10 nitrogen and oxygen atoms in total. The minimum atomic E-state index is -4.90. The number of amides is 2. The lowest BCUT2D eigenvalue weighted by molar-refractivity contribution is -0.173. The quantitative estimate of drug-likeness (QED) is 0.255. The highest BCUT2D eigenvalue weighted by molar-refractivity contribution is 5.96. The van der Waals surface area contributed by atoms with Crippen LogP contribution in [-0.4, -0.2) is 74.2 Å². The van der Waals surface area contributed by atoms with E-state index in [-0.39, 0.29) is 18.4 Å². The van der Waals surface area contributed by atoms with Gasteiger partial charge in [0, 0.05) is 49.5 Å². The Morgan fingerprint density at radius 1 is 1.15 bits per heavy atom. The van der Waals surface area contributed by atoms with Crippen molar-refractivity contribution in [1.82, 2.24) is 40.7 Å². The van der Waals surface area contributed by atoms with Gasteiger partial charge in [-0.1, -0.05) is 13.0 Å². The van der Waals surface area contributed by atoms with Crippen molar-refractivity contribution in [3.8, 4) is 22.6 Å². The first-order valence-electron chi connectivity index (χ1n) is 13.5. The molecule has 1 saturated heterocycles. The number of alkyl halides is 3. The molecule has 4 N–H and O–H groups in total. The highest BCUT2D eigenvalue weighted by atomic mass is 19.4. The number of pyridine rings is 1. The van der Waals surface area contributed by atoms with Crippen LogP contribution in [0.4, 0.5) is 13.2 Å². The first kappa shape index (κ1) is 28.3. The summed E-state index contributed by atoms with van der Waals surface area (Å²) in [5.74, 6) is -1.88. The van der Waals surface area contributed by atoms with E-state index in [2.05, 4.69) is 44.3 Å². The zero-order valence-corrected chi connectivity index (χ0v) is 22.7. The third-order valence-corrected chi connectivity index (χ3v) is 7.50. The van der Waals surface area contributed by atoms with Crippen LogP contribution >= 0.6 is 0 Å².